The number of halogens is 2. The third-order valence-electron chi connectivity index (χ3n) is 5.22. The van der Waals surface area contributed by atoms with Crippen molar-refractivity contribution < 1.29 is 19.4 Å². The Kier molecular flexibility index (Phi) is 7.23. The molecule has 0 fully saturated rings. The molecule has 0 aliphatic carbocycles. The fourth-order valence-electron chi connectivity index (χ4n) is 3.62. The van der Waals surface area contributed by atoms with E-state index in [9.17, 15) is 14.7 Å². The number of carbonyl (C=O) groups is 1. The van der Waals surface area contributed by atoms with Gasteiger partial charge in [0.15, 0.2) is 4.80 Å². The first-order valence-electron chi connectivity index (χ1n) is 10.2. The SMILES string of the molecule is COCCOC(=O)C1=C(C)N=c2sc(=Cc3cc(Cl)ccc3O)c(=O)n2C1c1ccc(Cl)cc1. The predicted octanol–water partition coefficient (Wildman–Crippen LogP) is 3.44. The molecule has 1 aliphatic rings. The molecule has 2 aromatic carbocycles. The van der Waals surface area contributed by atoms with E-state index >= 15 is 0 Å². The van der Waals surface area contributed by atoms with Gasteiger partial charge in [-0.3, -0.25) is 9.36 Å². The van der Waals surface area contributed by atoms with Gasteiger partial charge in [0.25, 0.3) is 5.56 Å². The Morgan fingerprint density at radius 3 is 2.59 bits per heavy atom. The molecule has 1 aromatic heterocycles. The second-order valence-electron chi connectivity index (χ2n) is 7.47. The van der Waals surface area contributed by atoms with Crippen LogP contribution in [0.5, 0.6) is 5.75 Å². The van der Waals surface area contributed by atoms with Crippen molar-refractivity contribution in [1.82, 2.24) is 4.57 Å². The Morgan fingerprint density at radius 2 is 1.88 bits per heavy atom. The van der Waals surface area contributed by atoms with Crippen LogP contribution in [0, 0.1) is 0 Å². The number of nitrogens with zero attached hydrogens (tertiary/aromatic N) is 2. The number of aromatic hydroxyl groups is 1. The van der Waals surface area contributed by atoms with Gasteiger partial charge in [-0.25, -0.2) is 9.79 Å². The molecule has 4 rings (SSSR count). The lowest BCUT2D eigenvalue weighted by Crippen LogP contribution is -2.40. The molecule has 0 bridgehead atoms. The van der Waals surface area contributed by atoms with Crippen LogP contribution in [0.25, 0.3) is 6.08 Å². The summed E-state index contributed by atoms with van der Waals surface area (Å²) in [7, 11) is 1.51. The summed E-state index contributed by atoms with van der Waals surface area (Å²) < 4.78 is 12.1. The smallest absolute Gasteiger partial charge is 0.338 e. The van der Waals surface area contributed by atoms with Crippen molar-refractivity contribution in [3.8, 4) is 5.75 Å². The number of fused-ring (bicyclic) bond motifs is 1. The van der Waals surface area contributed by atoms with E-state index in [1.54, 1.807) is 49.4 Å². The van der Waals surface area contributed by atoms with Gasteiger partial charge < -0.3 is 14.6 Å². The summed E-state index contributed by atoms with van der Waals surface area (Å²) in [4.78, 5) is 31.5. The van der Waals surface area contributed by atoms with E-state index in [0.717, 1.165) is 11.3 Å². The van der Waals surface area contributed by atoms with Crippen molar-refractivity contribution >= 4 is 46.6 Å². The number of rotatable bonds is 6. The number of allylic oxidation sites excluding steroid dienone is 1. The molecule has 0 saturated heterocycles. The molecule has 0 radical (unpaired) electrons. The van der Waals surface area contributed by atoms with Crippen molar-refractivity contribution in [2.24, 2.45) is 4.99 Å². The Bertz CT molecular complexity index is 1460. The lowest BCUT2D eigenvalue weighted by Gasteiger charge is -2.24. The van der Waals surface area contributed by atoms with Crippen LogP contribution in [0.15, 0.2) is 63.5 Å². The van der Waals surface area contributed by atoms with E-state index in [1.165, 1.54) is 17.7 Å². The summed E-state index contributed by atoms with van der Waals surface area (Å²) in [6.45, 7) is 2.01. The Labute approximate surface area is 208 Å². The van der Waals surface area contributed by atoms with E-state index in [2.05, 4.69) is 4.99 Å². The monoisotopic (exact) mass is 518 g/mol. The van der Waals surface area contributed by atoms with Crippen LogP contribution in [-0.4, -0.2) is 36.0 Å². The number of hydrogen-bond acceptors (Lipinski definition) is 7. The third kappa shape index (κ3) is 4.81. The first-order chi connectivity index (χ1) is 16.3. The van der Waals surface area contributed by atoms with Gasteiger partial charge in [0.05, 0.1) is 28.5 Å². The van der Waals surface area contributed by atoms with Crippen molar-refractivity contribution in [1.29, 1.82) is 0 Å². The molecule has 34 heavy (non-hydrogen) atoms. The molecular weight excluding hydrogens is 499 g/mol. The van der Waals surface area contributed by atoms with Crippen LogP contribution in [0.2, 0.25) is 10.0 Å². The van der Waals surface area contributed by atoms with Gasteiger partial charge in [0, 0.05) is 22.7 Å². The number of esters is 1. The minimum Gasteiger partial charge on any atom is -0.507 e. The van der Waals surface area contributed by atoms with Crippen molar-refractivity contribution in [2.75, 3.05) is 20.3 Å². The second-order valence-corrected chi connectivity index (χ2v) is 9.35. The minimum atomic E-state index is -0.765. The zero-order valence-electron chi connectivity index (χ0n) is 18.2. The average molecular weight is 519 g/mol. The second kappa shape index (κ2) is 10.1. The van der Waals surface area contributed by atoms with Crippen molar-refractivity contribution in [3.63, 3.8) is 0 Å². The molecule has 3 aromatic rings. The zero-order valence-corrected chi connectivity index (χ0v) is 20.6. The highest BCUT2D eigenvalue weighted by Crippen LogP contribution is 2.31. The number of phenolic OH excluding ortho intramolecular Hbond substituents is 1. The summed E-state index contributed by atoms with van der Waals surface area (Å²) in [6.07, 6.45) is 1.56. The molecule has 1 atom stereocenters. The standard InChI is InChI=1S/C24H20Cl2N2O5S/c1-13-20(23(31)33-10-9-32-2)21(14-3-5-16(25)6-4-14)28-22(30)19(34-24(28)27-13)12-15-11-17(26)7-8-18(15)29/h3-8,11-12,21,29H,9-10H2,1-2H3. The molecule has 7 nitrogen and oxygen atoms in total. The molecular formula is C24H20Cl2N2O5S. The highest BCUT2D eigenvalue weighted by Gasteiger charge is 2.33. The maximum absolute atomic E-state index is 13.5. The molecule has 2 heterocycles. The topological polar surface area (TPSA) is 90.1 Å². The summed E-state index contributed by atoms with van der Waals surface area (Å²) in [5.41, 5.74) is 1.41. The lowest BCUT2D eigenvalue weighted by molar-refractivity contribution is -0.140. The number of benzene rings is 2. The van der Waals surface area contributed by atoms with Crippen LogP contribution in [0.3, 0.4) is 0 Å². The first-order valence-corrected chi connectivity index (χ1v) is 11.8. The molecule has 0 amide bonds. The first kappa shape index (κ1) is 24.2. The van der Waals surface area contributed by atoms with E-state index in [4.69, 9.17) is 32.7 Å². The van der Waals surface area contributed by atoms with Crippen molar-refractivity contribution in [2.45, 2.75) is 13.0 Å². The van der Waals surface area contributed by atoms with E-state index in [-0.39, 0.29) is 30.1 Å². The van der Waals surface area contributed by atoms with Gasteiger partial charge in [-0.1, -0.05) is 46.7 Å². The maximum Gasteiger partial charge on any atom is 0.338 e. The average Bonchev–Trinajstić information content (AvgIpc) is 3.10. The predicted molar refractivity (Wildman–Crippen MR) is 131 cm³/mol. The Hall–Kier alpha value is -2.91. The van der Waals surface area contributed by atoms with Gasteiger partial charge >= 0.3 is 5.97 Å². The third-order valence-corrected chi connectivity index (χ3v) is 6.69. The molecule has 10 heteroatoms. The Morgan fingerprint density at radius 1 is 1.18 bits per heavy atom. The normalized spacial score (nSPS) is 15.8. The van der Waals surface area contributed by atoms with Gasteiger partial charge in [-0.05, 0) is 48.9 Å². The zero-order chi connectivity index (χ0) is 24.4. The molecule has 1 unspecified atom stereocenters. The minimum absolute atomic E-state index is 0.0110. The molecule has 1 N–H and O–H groups in total. The van der Waals surface area contributed by atoms with Crippen molar-refractivity contribution in [3.05, 3.63) is 94.6 Å². The summed E-state index contributed by atoms with van der Waals surface area (Å²) in [5, 5.41) is 11.1. The maximum atomic E-state index is 13.5. The number of ether oxygens (including phenoxy) is 2. The van der Waals surface area contributed by atoms with Crippen LogP contribution in [-0.2, 0) is 14.3 Å². The number of hydrogen-bond donors (Lipinski definition) is 1. The summed E-state index contributed by atoms with van der Waals surface area (Å²) in [6, 6.07) is 10.7. The molecule has 0 saturated carbocycles. The Balaban J connectivity index is 1.90. The van der Waals surface area contributed by atoms with E-state index in [1.807, 2.05) is 0 Å². The number of aromatic nitrogens is 1. The van der Waals surface area contributed by atoms with Gasteiger partial charge in [-0.2, -0.15) is 0 Å². The van der Waals surface area contributed by atoms with Crippen LogP contribution < -0.4 is 14.9 Å². The number of methoxy groups -OCH3 is 1. The van der Waals surface area contributed by atoms with Gasteiger partial charge in [0.2, 0.25) is 0 Å². The highest BCUT2D eigenvalue weighted by molar-refractivity contribution is 7.07. The number of carbonyl (C=O) groups excluding carboxylic acids is 1. The lowest BCUT2D eigenvalue weighted by atomic mass is 9.96. The van der Waals surface area contributed by atoms with Crippen LogP contribution in [0.4, 0.5) is 0 Å². The number of thiazole rings is 1. The van der Waals surface area contributed by atoms with Crippen LogP contribution in [0.1, 0.15) is 24.1 Å². The summed E-state index contributed by atoms with van der Waals surface area (Å²) >= 11 is 13.3. The molecule has 0 spiro atoms. The fourth-order valence-corrected chi connectivity index (χ4v) is 4.96. The van der Waals surface area contributed by atoms with Gasteiger partial charge in [0.1, 0.15) is 12.4 Å². The fraction of sp³-hybridized carbons (Fsp3) is 0.208. The number of phenols is 1. The highest BCUT2D eigenvalue weighted by atomic mass is 35.5. The van der Waals surface area contributed by atoms with E-state index < -0.39 is 12.0 Å². The van der Waals surface area contributed by atoms with Crippen LogP contribution >= 0.6 is 34.5 Å². The molecule has 1 aliphatic heterocycles. The van der Waals surface area contributed by atoms with Gasteiger partial charge in [-0.15, -0.1) is 0 Å². The molecule has 176 valence electrons. The summed E-state index contributed by atoms with van der Waals surface area (Å²) in [5.74, 6) is -0.594. The largest absolute Gasteiger partial charge is 0.507 e. The van der Waals surface area contributed by atoms with E-state index in [0.29, 0.717) is 36.2 Å². The quantitative estimate of drug-likeness (QED) is 0.398.